The number of hydrogen-bond donors (Lipinski definition) is 0. The normalized spacial score (nSPS) is 11.0. The molecule has 0 radical (unpaired) electrons. The predicted molar refractivity (Wildman–Crippen MR) is 134 cm³/mol. The summed E-state index contributed by atoms with van der Waals surface area (Å²) in [6.07, 6.45) is 2.66. The van der Waals surface area contributed by atoms with Crippen LogP contribution in [-0.2, 0) is 19.6 Å². The first-order valence-electron chi connectivity index (χ1n) is 11.2. The van der Waals surface area contributed by atoms with Crippen molar-refractivity contribution < 1.29 is 9.47 Å². The summed E-state index contributed by atoms with van der Waals surface area (Å²) >= 11 is 0. The molecule has 0 aliphatic carbocycles. The molecule has 0 aliphatic heterocycles. The lowest BCUT2D eigenvalue weighted by atomic mass is 10.1. The second-order valence-corrected chi connectivity index (χ2v) is 7.88. The predicted octanol–water partition coefficient (Wildman–Crippen LogP) is 6.58. The first kappa shape index (κ1) is 20.8. The molecule has 164 valence electrons. The van der Waals surface area contributed by atoms with Gasteiger partial charge in [-0.2, -0.15) is 0 Å². The Morgan fingerprint density at radius 1 is 0.788 bits per heavy atom. The fourth-order valence-electron chi connectivity index (χ4n) is 4.16. The van der Waals surface area contributed by atoms with Crippen molar-refractivity contribution in [2.75, 3.05) is 6.61 Å². The molecule has 4 aromatic carbocycles. The van der Waals surface area contributed by atoms with Gasteiger partial charge in [0.2, 0.25) is 0 Å². The van der Waals surface area contributed by atoms with E-state index in [1.165, 1.54) is 5.39 Å². The molecule has 0 spiro atoms. The second-order valence-electron chi connectivity index (χ2n) is 7.88. The van der Waals surface area contributed by atoms with Crippen LogP contribution in [0.1, 0.15) is 11.4 Å². The Labute approximate surface area is 193 Å². The molecule has 0 N–H and O–H groups in total. The number of para-hydroxylation sites is 3. The van der Waals surface area contributed by atoms with Crippen LogP contribution in [-0.4, -0.2) is 16.2 Å². The summed E-state index contributed by atoms with van der Waals surface area (Å²) in [5, 5.41) is 2.30. The zero-order valence-corrected chi connectivity index (χ0v) is 18.5. The SMILES string of the molecule is C=CCc1ccccc1OCc1nc2ccccc2n1CCOc1cccc2ccccc12. The molecule has 0 bridgehead atoms. The summed E-state index contributed by atoms with van der Waals surface area (Å²) in [4.78, 5) is 4.84. The van der Waals surface area contributed by atoms with E-state index >= 15 is 0 Å². The molecule has 1 heterocycles. The molecule has 1 aromatic heterocycles. The molecule has 0 atom stereocenters. The van der Waals surface area contributed by atoms with Crippen molar-refractivity contribution >= 4 is 21.8 Å². The van der Waals surface area contributed by atoms with Crippen molar-refractivity contribution in [1.82, 2.24) is 9.55 Å². The number of ether oxygens (including phenoxy) is 2. The highest BCUT2D eigenvalue weighted by Crippen LogP contribution is 2.26. The van der Waals surface area contributed by atoms with Gasteiger partial charge in [-0.15, -0.1) is 6.58 Å². The fraction of sp³-hybridized carbons (Fsp3) is 0.138. The molecule has 4 nitrogen and oxygen atoms in total. The van der Waals surface area contributed by atoms with Gasteiger partial charge in [0.15, 0.2) is 0 Å². The summed E-state index contributed by atoms with van der Waals surface area (Å²) in [5.74, 6) is 2.64. The van der Waals surface area contributed by atoms with E-state index in [2.05, 4.69) is 41.5 Å². The summed E-state index contributed by atoms with van der Waals surface area (Å²) < 4.78 is 14.6. The quantitative estimate of drug-likeness (QED) is 0.246. The Morgan fingerprint density at radius 2 is 1.55 bits per heavy atom. The smallest absolute Gasteiger partial charge is 0.148 e. The highest BCUT2D eigenvalue weighted by molar-refractivity contribution is 5.88. The number of aromatic nitrogens is 2. The van der Waals surface area contributed by atoms with Crippen LogP contribution < -0.4 is 9.47 Å². The van der Waals surface area contributed by atoms with Gasteiger partial charge in [0.1, 0.15) is 30.5 Å². The topological polar surface area (TPSA) is 36.3 Å². The third kappa shape index (κ3) is 4.46. The van der Waals surface area contributed by atoms with Crippen LogP contribution in [0.25, 0.3) is 21.8 Å². The summed E-state index contributed by atoms with van der Waals surface area (Å²) in [6, 6.07) is 30.7. The number of fused-ring (bicyclic) bond motifs is 2. The van der Waals surface area contributed by atoms with Crippen LogP contribution in [0.3, 0.4) is 0 Å². The lowest BCUT2D eigenvalue weighted by Crippen LogP contribution is -2.13. The number of nitrogens with zero attached hydrogens (tertiary/aromatic N) is 2. The van der Waals surface area contributed by atoms with Gasteiger partial charge >= 0.3 is 0 Å². The van der Waals surface area contributed by atoms with Crippen molar-refractivity contribution in [3.05, 3.63) is 115 Å². The molecule has 33 heavy (non-hydrogen) atoms. The first-order chi connectivity index (χ1) is 16.3. The van der Waals surface area contributed by atoms with Crippen molar-refractivity contribution in [2.24, 2.45) is 0 Å². The lowest BCUT2D eigenvalue weighted by molar-refractivity contribution is 0.272. The maximum atomic E-state index is 6.21. The van der Waals surface area contributed by atoms with Crippen LogP contribution in [0, 0.1) is 0 Å². The minimum Gasteiger partial charge on any atom is -0.491 e. The maximum absolute atomic E-state index is 6.21. The Kier molecular flexibility index (Phi) is 6.07. The summed E-state index contributed by atoms with van der Waals surface area (Å²) in [5.41, 5.74) is 3.16. The number of benzene rings is 4. The van der Waals surface area contributed by atoms with Gasteiger partial charge in [-0.25, -0.2) is 4.98 Å². The number of allylic oxidation sites excluding steroid dienone is 1. The van der Waals surface area contributed by atoms with Gasteiger partial charge in [-0.1, -0.05) is 72.8 Å². The standard InChI is InChI=1S/C29H26N2O2/c1-2-10-23-12-4-8-17-27(23)33-21-29-30-25-15-6-7-16-26(25)31(29)19-20-32-28-18-9-13-22-11-3-5-14-24(22)28/h2-9,11-18H,1,10,19-21H2. The molecular weight excluding hydrogens is 408 g/mol. The molecule has 0 saturated heterocycles. The van der Waals surface area contributed by atoms with Crippen LogP contribution >= 0.6 is 0 Å². The molecule has 4 heteroatoms. The maximum Gasteiger partial charge on any atom is 0.148 e. The van der Waals surface area contributed by atoms with Crippen LogP contribution in [0.15, 0.2) is 104 Å². The zero-order valence-electron chi connectivity index (χ0n) is 18.5. The molecule has 0 saturated carbocycles. The molecule has 0 fully saturated rings. The first-order valence-corrected chi connectivity index (χ1v) is 11.2. The van der Waals surface area contributed by atoms with Gasteiger partial charge in [0.25, 0.3) is 0 Å². The van der Waals surface area contributed by atoms with Gasteiger partial charge < -0.3 is 14.0 Å². The van der Waals surface area contributed by atoms with E-state index in [1.807, 2.05) is 66.7 Å². The molecular formula is C29H26N2O2. The number of rotatable bonds is 9. The van der Waals surface area contributed by atoms with Crippen LogP contribution in [0.2, 0.25) is 0 Å². The largest absolute Gasteiger partial charge is 0.491 e. The van der Waals surface area contributed by atoms with Crippen molar-refractivity contribution in [1.29, 1.82) is 0 Å². The Hall–Kier alpha value is -4.05. The lowest BCUT2D eigenvalue weighted by Gasteiger charge is -2.14. The average molecular weight is 435 g/mol. The third-order valence-corrected chi connectivity index (χ3v) is 5.75. The van der Waals surface area contributed by atoms with Crippen LogP contribution in [0.5, 0.6) is 11.5 Å². The fourth-order valence-corrected chi connectivity index (χ4v) is 4.16. The van der Waals surface area contributed by atoms with E-state index in [4.69, 9.17) is 14.5 Å². The highest BCUT2D eigenvalue weighted by atomic mass is 16.5. The summed E-state index contributed by atoms with van der Waals surface area (Å²) in [6.45, 7) is 5.45. The number of imidazole rings is 1. The Morgan fingerprint density at radius 3 is 2.48 bits per heavy atom. The minimum absolute atomic E-state index is 0.386. The van der Waals surface area contributed by atoms with Crippen molar-refractivity contribution in [2.45, 2.75) is 19.6 Å². The third-order valence-electron chi connectivity index (χ3n) is 5.75. The van der Waals surface area contributed by atoms with E-state index in [-0.39, 0.29) is 0 Å². The number of hydrogen-bond acceptors (Lipinski definition) is 3. The molecule has 0 amide bonds. The van der Waals surface area contributed by atoms with Gasteiger partial charge in [-0.05, 0) is 41.6 Å². The Balaban J connectivity index is 1.36. The second kappa shape index (κ2) is 9.61. The van der Waals surface area contributed by atoms with Crippen LogP contribution in [0.4, 0.5) is 0 Å². The van der Waals surface area contributed by atoms with E-state index in [1.54, 1.807) is 0 Å². The zero-order chi connectivity index (χ0) is 22.5. The van der Waals surface area contributed by atoms with E-state index in [0.29, 0.717) is 19.8 Å². The minimum atomic E-state index is 0.386. The van der Waals surface area contributed by atoms with Crippen molar-refractivity contribution in [3.8, 4) is 11.5 Å². The van der Waals surface area contributed by atoms with Gasteiger partial charge in [-0.3, -0.25) is 0 Å². The molecule has 5 aromatic rings. The van der Waals surface area contributed by atoms with Gasteiger partial charge in [0.05, 0.1) is 17.6 Å². The van der Waals surface area contributed by atoms with E-state index in [9.17, 15) is 0 Å². The van der Waals surface area contributed by atoms with Crippen molar-refractivity contribution in [3.63, 3.8) is 0 Å². The Bertz CT molecular complexity index is 1400. The monoisotopic (exact) mass is 434 g/mol. The van der Waals surface area contributed by atoms with E-state index in [0.717, 1.165) is 45.7 Å². The molecule has 0 unspecified atom stereocenters. The average Bonchev–Trinajstić information content (AvgIpc) is 3.21. The highest BCUT2D eigenvalue weighted by Gasteiger charge is 2.12. The molecule has 0 aliphatic rings. The van der Waals surface area contributed by atoms with E-state index < -0.39 is 0 Å². The molecule has 5 rings (SSSR count). The summed E-state index contributed by atoms with van der Waals surface area (Å²) in [7, 11) is 0. The van der Waals surface area contributed by atoms with Gasteiger partial charge in [0, 0.05) is 5.39 Å².